The Hall–Kier alpha value is -2.13. The van der Waals surface area contributed by atoms with E-state index in [2.05, 4.69) is 15.5 Å². The number of nitriles is 1. The fraction of sp³-hybridized carbons (Fsp3) is 0.500. The SMILES string of the molecule is CCC#N.O=C1NCN(c2ccc(F)cc2)C12CCNCC2. The molecular formula is C16H21FN4O. The van der Waals surface area contributed by atoms with Gasteiger partial charge in [-0.1, -0.05) is 6.92 Å². The number of carbonyl (C=O) groups is 1. The summed E-state index contributed by atoms with van der Waals surface area (Å²) in [6.07, 6.45) is 2.20. The van der Waals surface area contributed by atoms with Gasteiger partial charge in [0, 0.05) is 12.1 Å². The lowest BCUT2D eigenvalue weighted by molar-refractivity contribution is -0.124. The molecular weight excluding hydrogens is 283 g/mol. The van der Waals surface area contributed by atoms with E-state index in [1.54, 1.807) is 12.1 Å². The second kappa shape index (κ2) is 7.23. The molecule has 6 heteroatoms. The van der Waals surface area contributed by atoms with E-state index in [1.807, 2.05) is 13.0 Å². The van der Waals surface area contributed by atoms with Crippen molar-refractivity contribution in [2.45, 2.75) is 31.7 Å². The molecule has 22 heavy (non-hydrogen) atoms. The molecule has 0 unspecified atom stereocenters. The van der Waals surface area contributed by atoms with Gasteiger partial charge in [-0.15, -0.1) is 0 Å². The topological polar surface area (TPSA) is 68.2 Å². The molecule has 2 heterocycles. The Morgan fingerprint density at radius 2 is 1.91 bits per heavy atom. The molecule has 0 aromatic heterocycles. The second-order valence-corrected chi connectivity index (χ2v) is 5.36. The number of halogens is 1. The lowest BCUT2D eigenvalue weighted by atomic mass is 9.86. The van der Waals surface area contributed by atoms with Crippen molar-refractivity contribution in [2.75, 3.05) is 24.7 Å². The molecule has 2 saturated heterocycles. The Bertz CT molecular complexity index is 546. The molecule has 0 atom stereocenters. The van der Waals surface area contributed by atoms with E-state index in [-0.39, 0.29) is 11.7 Å². The Morgan fingerprint density at radius 1 is 1.32 bits per heavy atom. The van der Waals surface area contributed by atoms with Crippen molar-refractivity contribution in [3.63, 3.8) is 0 Å². The minimum Gasteiger partial charge on any atom is -0.339 e. The molecule has 1 aromatic carbocycles. The lowest BCUT2D eigenvalue weighted by Crippen LogP contribution is -2.55. The van der Waals surface area contributed by atoms with E-state index in [9.17, 15) is 9.18 Å². The number of amides is 1. The fourth-order valence-electron chi connectivity index (χ4n) is 2.89. The maximum Gasteiger partial charge on any atom is 0.247 e. The van der Waals surface area contributed by atoms with Crippen molar-refractivity contribution in [1.29, 1.82) is 5.26 Å². The molecule has 0 radical (unpaired) electrons. The quantitative estimate of drug-likeness (QED) is 0.829. The van der Waals surface area contributed by atoms with Crippen LogP contribution in [0, 0.1) is 17.1 Å². The number of hydrogen-bond acceptors (Lipinski definition) is 4. The number of hydrogen-bond donors (Lipinski definition) is 2. The summed E-state index contributed by atoms with van der Waals surface area (Å²) >= 11 is 0. The van der Waals surface area contributed by atoms with E-state index < -0.39 is 5.54 Å². The summed E-state index contributed by atoms with van der Waals surface area (Å²) < 4.78 is 13.0. The monoisotopic (exact) mass is 304 g/mol. The van der Waals surface area contributed by atoms with Gasteiger partial charge in [0.25, 0.3) is 0 Å². The van der Waals surface area contributed by atoms with Gasteiger partial charge in [-0.2, -0.15) is 5.26 Å². The van der Waals surface area contributed by atoms with Crippen molar-refractivity contribution in [3.8, 4) is 6.07 Å². The van der Waals surface area contributed by atoms with Gasteiger partial charge in [-0.05, 0) is 50.2 Å². The summed E-state index contributed by atoms with van der Waals surface area (Å²) in [6.45, 7) is 4.00. The van der Waals surface area contributed by atoms with E-state index >= 15 is 0 Å². The van der Waals surface area contributed by atoms with Gasteiger partial charge in [0.2, 0.25) is 5.91 Å². The van der Waals surface area contributed by atoms with Gasteiger partial charge in [-0.25, -0.2) is 4.39 Å². The van der Waals surface area contributed by atoms with Gasteiger partial charge in [0.05, 0.1) is 12.7 Å². The first kappa shape index (κ1) is 16.2. The highest BCUT2D eigenvalue weighted by molar-refractivity contribution is 5.93. The standard InChI is InChI=1S/C13H16FN3O.C3H5N/c14-10-1-3-11(4-2-10)17-9-16-12(18)13(17)5-7-15-8-6-13;1-2-3-4/h1-4,15H,5-9H2,(H,16,18);2H2,1H3. The van der Waals surface area contributed by atoms with Crippen LogP contribution in [0.5, 0.6) is 0 Å². The first-order valence-electron chi connectivity index (χ1n) is 7.53. The zero-order valence-electron chi connectivity index (χ0n) is 12.7. The summed E-state index contributed by atoms with van der Waals surface area (Å²) in [5.41, 5.74) is 0.444. The average Bonchev–Trinajstić information content (AvgIpc) is 2.86. The van der Waals surface area contributed by atoms with Crippen LogP contribution in [0.3, 0.4) is 0 Å². The van der Waals surface area contributed by atoms with E-state index in [4.69, 9.17) is 5.26 Å². The molecule has 2 aliphatic heterocycles. The molecule has 2 aliphatic rings. The highest BCUT2D eigenvalue weighted by atomic mass is 19.1. The molecule has 1 spiro atoms. The average molecular weight is 304 g/mol. The van der Waals surface area contributed by atoms with Crippen molar-refractivity contribution in [1.82, 2.24) is 10.6 Å². The second-order valence-electron chi connectivity index (χ2n) is 5.36. The summed E-state index contributed by atoms with van der Waals surface area (Å²) in [7, 11) is 0. The van der Waals surface area contributed by atoms with Crippen LogP contribution >= 0.6 is 0 Å². The van der Waals surface area contributed by atoms with Gasteiger partial charge < -0.3 is 15.5 Å². The van der Waals surface area contributed by atoms with Crippen LogP contribution in [0.15, 0.2) is 24.3 Å². The Kier molecular flexibility index (Phi) is 5.34. The minimum atomic E-state index is -0.455. The first-order chi connectivity index (χ1) is 10.6. The van der Waals surface area contributed by atoms with Gasteiger partial charge in [-0.3, -0.25) is 4.79 Å². The van der Waals surface area contributed by atoms with Crippen LogP contribution in [0.25, 0.3) is 0 Å². The molecule has 3 rings (SSSR count). The molecule has 0 bridgehead atoms. The third-order valence-electron chi connectivity index (χ3n) is 4.06. The van der Waals surface area contributed by atoms with E-state index in [0.717, 1.165) is 31.6 Å². The normalized spacial score (nSPS) is 19.1. The predicted molar refractivity (Wildman–Crippen MR) is 82.6 cm³/mol. The Balaban J connectivity index is 0.000000396. The number of anilines is 1. The van der Waals surface area contributed by atoms with E-state index in [1.165, 1.54) is 12.1 Å². The van der Waals surface area contributed by atoms with Crippen molar-refractivity contribution < 1.29 is 9.18 Å². The van der Waals surface area contributed by atoms with Crippen molar-refractivity contribution >= 4 is 11.6 Å². The number of benzene rings is 1. The van der Waals surface area contributed by atoms with Crippen LogP contribution in [-0.2, 0) is 4.79 Å². The Morgan fingerprint density at radius 3 is 2.45 bits per heavy atom. The maximum absolute atomic E-state index is 13.0. The smallest absolute Gasteiger partial charge is 0.247 e. The Labute approximate surface area is 130 Å². The van der Waals surface area contributed by atoms with Gasteiger partial charge in [0.1, 0.15) is 11.4 Å². The molecule has 2 fully saturated rings. The molecule has 2 N–H and O–H groups in total. The van der Waals surface area contributed by atoms with Crippen LogP contribution in [0.1, 0.15) is 26.2 Å². The maximum atomic E-state index is 13.0. The molecule has 0 aliphatic carbocycles. The summed E-state index contributed by atoms with van der Waals surface area (Å²) in [5.74, 6) is -0.162. The third-order valence-corrected chi connectivity index (χ3v) is 4.06. The summed E-state index contributed by atoms with van der Waals surface area (Å²) in [4.78, 5) is 14.2. The van der Waals surface area contributed by atoms with Crippen molar-refractivity contribution in [3.05, 3.63) is 30.1 Å². The van der Waals surface area contributed by atoms with Crippen LogP contribution in [0.4, 0.5) is 10.1 Å². The number of rotatable bonds is 1. The predicted octanol–water partition coefficient (Wildman–Crippen LogP) is 1.76. The van der Waals surface area contributed by atoms with Crippen LogP contribution < -0.4 is 15.5 Å². The highest BCUT2D eigenvalue weighted by Gasteiger charge is 2.49. The van der Waals surface area contributed by atoms with Gasteiger partial charge in [0.15, 0.2) is 0 Å². The number of piperidine rings is 1. The zero-order chi connectivity index (χ0) is 16.0. The largest absolute Gasteiger partial charge is 0.339 e. The highest BCUT2D eigenvalue weighted by Crippen LogP contribution is 2.34. The molecule has 0 saturated carbocycles. The minimum absolute atomic E-state index is 0.0910. The van der Waals surface area contributed by atoms with Crippen LogP contribution in [0.2, 0.25) is 0 Å². The summed E-state index contributed by atoms with van der Waals surface area (Å²) in [6, 6.07) is 8.28. The molecule has 1 amide bonds. The lowest BCUT2D eigenvalue weighted by Gasteiger charge is -2.40. The van der Waals surface area contributed by atoms with Crippen molar-refractivity contribution in [2.24, 2.45) is 0 Å². The third kappa shape index (κ3) is 3.20. The molecule has 118 valence electrons. The first-order valence-corrected chi connectivity index (χ1v) is 7.53. The van der Waals surface area contributed by atoms with Crippen LogP contribution in [-0.4, -0.2) is 31.2 Å². The van der Waals surface area contributed by atoms with Gasteiger partial charge >= 0.3 is 0 Å². The number of nitrogens with zero attached hydrogens (tertiary/aromatic N) is 2. The summed E-state index contributed by atoms with van der Waals surface area (Å²) in [5, 5.41) is 13.8. The fourth-order valence-corrected chi connectivity index (χ4v) is 2.89. The molecule has 1 aromatic rings. The number of nitrogens with one attached hydrogen (secondary N) is 2. The zero-order valence-corrected chi connectivity index (χ0v) is 12.7. The van der Waals surface area contributed by atoms with E-state index in [0.29, 0.717) is 13.1 Å². The number of carbonyl (C=O) groups excluding carboxylic acids is 1. The molecule has 5 nitrogen and oxygen atoms in total.